The third-order valence-electron chi connectivity index (χ3n) is 7.32. The molecule has 1 unspecified atom stereocenters. The Labute approximate surface area is 235 Å². The lowest BCUT2D eigenvalue weighted by atomic mass is 9.75. The summed E-state index contributed by atoms with van der Waals surface area (Å²) in [4.78, 5) is 14.8. The molecule has 0 aliphatic carbocycles. The number of carbonyl (C=O) groups is 1. The second-order valence-corrected chi connectivity index (χ2v) is 9.74. The summed E-state index contributed by atoms with van der Waals surface area (Å²) in [5.41, 5.74) is 10.6. The topological polar surface area (TPSA) is 75.8 Å². The molecular formula is C35H32N2O3. The van der Waals surface area contributed by atoms with Crippen molar-refractivity contribution in [2.45, 2.75) is 11.6 Å². The quantitative estimate of drug-likeness (QED) is 0.156. The Morgan fingerprint density at radius 3 is 1.68 bits per heavy atom. The third kappa shape index (κ3) is 5.33. The van der Waals surface area contributed by atoms with Gasteiger partial charge in [0, 0.05) is 5.69 Å². The fraction of sp³-hybridized carbons (Fsp3) is 0.114. The van der Waals surface area contributed by atoms with Crippen molar-refractivity contribution in [3.8, 4) is 16.9 Å². The maximum atomic E-state index is 12.9. The summed E-state index contributed by atoms with van der Waals surface area (Å²) in [5.74, 6) is -0.383. The molecule has 5 aromatic rings. The largest absolute Gasteiger partial charge is 0.491 e. The van der Waals surface area contributed by atoms with Crippen LogP contribution in [0.4, 0.5) is 5.69 Å². The van der Waals surface area contributed by atoms with Crippen LogP contribution in [0.15, 0.2) is 140 Å². The fourth-order valence-corrected chi connectivity index (χ4v) is 5.39. The third-order valence-corrected chi connectivity index (χ3v) is 7.32. The summed E-state index contributed by atoms with van der Waals surface area (Å²) < 4.78 is 6.19. The van der Waals surface area contributed by atoms with E-state index in [2.05, 4.69) is 0 Å². The number of benzene rings is 5. The Kier molecular flexibility index (Phi) is 7.94. The van der Waals surface area contributed by atoms with E-state index in [1.54, 1.807) is 0 Å². The molecular weight excluding hydrogens is 496 g/mol. The molecule has 0 saturated heterocycles. The summed E-state index contributed by atoms with van der Waals surface area (Å²) in [7, 11) is 1.86. The van der Waals surface area contributed by atoms with E-state index in [4.69, 9.17) is 10.5 Å². The average molecular weight is 529 g/mol. The van der Waals surface area contributed by atoms with Crippen molar-refractivity contribution in [2.75, 3.05) is 19.4 Å². The minimum atomic E-state index is -0.975. The number of hydrogen-bond donors (Lipinski definition) is 2. The molecule has 0 amide bonds. The van der Waals surface area contributed by atoms with Crippen LogP contribution in [0.3, 0.4) is 0 Å². The van der Waals surface area contributed by atoms with Gasteiger partial charge >= 0.3 is 5.97 Å². The minimum absolute atomic E-state index is 0.0551. The molecule has 0 aromatic heterocycles. The summed E-state index contributed by atoms with van der Waals surface area (Å²) in [6, 6.07) is 44.4. The van der Waals surface area contributed by atoms with Crippen LogP contribution in [0.25, 0.3) is 11.1 Å². The van der Waals surface area contributed by atoms with E-state index in [1.165, 1.54) is 0 Å². The van der Waals surface area contributed by atoms with E-state index in [0.29, 0.717) is 11.4 Å². The first kappa shape index (κ1) is 26.7. The molecule has 0 aliphatic heterocycles. The maximum absolute atomic E-state index is 12.9. The van der Waals surface area contributed by atoms with E-state index >= 15 is 0 Å². The lowest BCUT2D eigenvalue weighted by Gasteiger charge is -2.46. The van der Waals surface area contributed by atoms with Gasteiger partial charge in [0.1, 0.15) is 18.4 Å². The molecule has 1 atom stereocenters. The van der Waals surface area contributed by atoms with Crippen molar-refractivity contribution < 1.29 is 14.6 Å². The van der Waals surface area contributed by atoms with Gasteiger partial charge in [-0.1, -0.05) is 115 Å². The summed E-state index contributed by atoms with van der Waals surface area (Å²) in [5, 5.41) is 10.6. The number of nitrogens with two attached hydrogens (primary N) is 1. The number of rotatable bonds is 10. The number of likely N-dealkylation sites (N-methyl/N-ethyl adjacent to an activating group) is 1. The standard InChI is InChI=1S/C35H32N2O3/c1-37(33(34(38)39)25-40-32-22-12-14-27(24-32)26-13-11-21-31(36)23-26)35(28-15-5-2-6-16-28,29-17-7-3-8-18-29)30-19-9-4-10-20-30/h2-24,33H,25,36H2,1H3,(H,38,39). The van der Waals surface area contributed by atoms with Crippen LogP contribution in [0.1, 0.15) is 16.7 Å². The summed E-state index contributed by atoms with van der Waals surface area (Å²) >= 11 is 0. The summed E-state index contributed by atoms with van der Waals surface area (Å²) in [6.07, 6.45) is 0. The number of carboxylic acid groups (broad SMARTS) is 1. The van der Waals surface area contributed by atoms with Crippen LogP contribution in [0.2, 0.25) is 0 Å². The normalized spacial score (nSPS) is 12.2. The molecule has 0 fully saturated rings. The van der Waals surface area contributed by atoms with Crippen LogP contribution in [-0.4, -0.2) is 35.7 Å². The fourth-order valence-electron chi connectivity index (χ4n) is 5.39. The van der Waals surface area contributed by atoms with Crippen LogP contribution in [0, 0.1) is 0 Å². The molecule has 5 heteroatoms. The monoisotopic (exact) mass is 528 g/mol. The smallest absolute Gasteiger partial charge is 0.324 e. The molecule has 0 spiro atoms. The predicted octanol–water partition coefficient (Wildman–Crippen LogP) is 6.69. The van der Waals surface area contributed by atoms with Gasteiger partial charge in [-0.2, -0.15) is 0 Å². The van der Waals surface area contributed by atoms with E-state index < -0.39 is 17.6 Å². The Balaban J connectivity index is 1.55. The van der Waals surface area contributed by atoms with Gasteiger partial charge in [0.15, 0.2) is 0 Å². The number of hydrogen-bond acceptors (Lipinski definition) is 4. The van der Waals surface area contributed by atoms with Crippen molar-refractivity contribution >= 4 is 11.7 Å². The predicted molar refractivity (Wildman–Crippen MR) is 160 cm³/mol. The molecule has 40 heavy (non-hydrogen) atoms. The average Bonchev–Trinajstić information content (AvgIpc) is 2.99. The van der Waals surface area contributed by atoms with Gasteiger partial charge in [0.25, 0.3) is 0 Å². The van der Waals surface area contributed by atoms with E-state index in [1.807, 2.05) is 151 Å². The SMILES string of the molecule is CN(C(COc1cccc(-c2cccc(N)c2)c1)C(=O)O)C(c1ccccc1)(c1ccccc1)c1ccccc1. The number of anilines is 1. The molecule has 200 valence electrons. The van der Waals surface area contributed by atoms with Crippen LogP contribution in [0.5, 0.6) is 5.75 Å². The Hall–Kier alpha value is -4.87. The van der Waals surface area contributed by atoms with Gasteiger partial charge in [-0.05, 0) is 59.1 Å². The lowest BCUT2D eigenvalue weighted by molar-refractivity contribution is -0.145. The van der Waals surface area contributed by atoms with Crippen molar-refractivity contribution in [1.29, 1.82) is 0 Å². The molecule has 0 radical (unpaired) electrons. The number of ether oxygens (including phenoxy) is 1. The van der Waals surface area contributed by atoms with Gasteiger partial charge in [0.2, 0.25) is 0 Å². The summed E-state index contributed by atoms with van der Waals surface area (Å²) in [6.45, 7) is -0.0551. The van der Waals surface area contributed by atoms with E-state index in [0.717, 1.165) is 27.8 Å². The zero-order valence-corrected chi connectivity index (χ0v) is 22.4. The Morgan fingerprint density at radius 1 is 0.725 bits per heavy atom. The molecule has 5 nitrogen and oxygen atoms in total. The highest BCUT2D eigenvalue weighted by Gasteiger charge is 2.45. The second kappa shape index (κ2) is 11.9. The zero-order chi connectivity index (χ0) is 28.0. The Bertz CT molecular complexity index is 1460. The lowest BCUT2D eigenvalue weighted by Crippen LogP contribution is -2.55. The van der Waals surface area contributed by atoms with Crippen molar-refractivity contribution in [3.63, 3.8) is 0 Å². The molecule has 5 rings (SSSR count). The molecule has 0 bridgehead atoms. The van der Waals surface area contributed by atoms with Gasteiger partial charge in [0.05, 0.1) is 5.54 Å². The number of nitrogens with zero attached hydrogens (tertiary/aromatic N) is 1. The molecule has 3 N–H and O–H groups in total. The van der Waals surface area contributed by atoms with Crippen LogP contribution < -0.4 is 10.5 Å². The van der Waals surface area contributed by atoms with Gasteiger partial charge < -0.3 is 15.6 Å². The first-order valence-corrected chi connectivity index (χ1v) is 13.2. The van der Waals surface area contributed by atoms with Crippen LogP contribution >= 0.6 is 0 Å². The molecule has 0 aliphatic rings. The van der Waals surface area contributed by atoms with Crippen LogP contribution in [-0.2, 0) is 10.3 Å². The number of carboxylic acids is 1. The molecule has 0 saturated carbocycles. The second-order valence-electron chi connectivity index (χ2n) is 9.74. The maximum Gasteiger partial charge on any atom is 0.324 e. The number of nitrogen functional groups attached to an aromatic ring is 1. The van der Waals surface area contributed by atoms with Gasteiger partial charge in [-0.3, -0.25) is 9.69 Å². The van der Waals surface area contributed by atoms with Gasteiger partial charge in [-0.25, -0.2) is 0 Å². The Morgan fingerprint density at radius 2 is 1.20 bits per heavy atom. The highest BCUT2D eigenvalue weighted by molar-refractivity contribution is 5.74. The first-order valence-electron chi connectivity index (χ1n) is 13.2. The van der Waals surface area contributed by atoms with E-state index in [9.17, 15) is 9.90 Å². The first-order chi connectivity index (χ1) is 19.5. The van der Waals surface area contributed by atoms with Gasteiger partial charge in [-0.15, -0.1) is 0 Å². The van der Waals surface area contributed by atoms with Crippen molar-refractivity contribution in [2.24, 2.45) is 0 Å². The molecule has 0 heterocycles. The van der Waals surface area contributed by atoms with Crippen molar-refractivity contribution in [1.82, 2.24) is 4.90 Å². The highest BCUT2D eigenvalue weighted by atomic mass is 16.5. The number of aliphatic carboxylic acids is 1. The highest BCUT2D eigenvalue weighted by Crippen LogP contribution is 2.42. The van der Waals surface area contributed by atoms with Crippen molar-refractivity contribution in [3.05, 3.63) is 156 Å². The zero-order valence-electron chi connectivity index (χ0n) is 22.4. The minimum Gasteiger partial charge on any atom is -0.491 e. The molecule has 5 aromatic carbocycles. The van der Waals surface area contributed by atoms with E-state index in [-0.39, 0.29) is 6.61 Å².